The Labute approximate surface area is 201 Å². The van der Waals surface area contributed by atoms with Crippen LogP contribution in [-0.2, 0) is 25.7 Å². The van der Waals surface area contributed by atoms with E-state index in [0.717, 1.165) is 24.8 Å². The second-order valence-corrected chi connectivity index (χ2v) is 10.4. The van der Waals surface area contributed by atoms with Crippen molar-refractivity contribution >= 4 is 5.78 Å². The molecule has 0 amide bonds. The molecule has 3 aliphatic rings. The number of rotatable bonds is 2. The summed E-state index contributed by atoms with van der Waals surface area (Å²) in [5, 5.41) is 0. The predicted octanol–water partition coefficient (Wildman–Crippen LogP) is 7.44. The molecule has 4 aromatic rings. The average molecular weight is 441 g/mol. The lowest BCUT2D eigenvalue weighted by Gasteiger charge is -2.25. The standard InChI is InChI=1S/C33H28O/c34-33-20-28(17-26-7-3-4-8-31(26)33)25-11-12-27-18-29-16-24(13-14-30(29)32(27)19-25)23-10-9-21-5-1-2-6-22(21)15-23/h1-8,11-14,16,19,23,28H,9-10,15,17-18,20H2. The summed E-state index contributed by atoms with van der Waals surface area (Å²) in [5.41, 5.74) is 13.6. The Morgan fingerprint density at radius 2 is 1.26 bits per heavy atom. The zero-order chi connectivity index (χ0) is 22.6. The maximum absolute atomic E-state index is 12.8. The van der Waals surface area contributed by atoms with E-state index in [1.165, 1.54) is 62.9 Å². The van der Waals surface area contributed by atoms with Crippen LogP contribution < -0.4 is 0 Å². The van der Waals surface area contributed by atoms with Gasteiger partial charge in [0, 0.05) is 12.0 Å². The second-order valence-electron chi connectivity index (χ2n) is 10.4. The van der Waals surface area contributed by atoms with Crippen molar-refractivity contribution < 1.29 is 4.79 Å². The van der Waals surface area contributed by atoms with Gasteiger partial charge in [0.2, 0.25) is 0 Å². The Hall–Kier alpha value is -3.45. The van der Waals surface area contributed by atoms with Gasteiger partial charge in [-0.25, -0.2) is 0 Å². The molecule has 0 bridgehead atoms. The van der Waals surface area contributed by atoms with Gasteiger partial charge in [-0.15, -0.1) is 0 Å². The van der Waals surface area contributed by atoms with Gasteiger partial charge in [0.15, 0.2) is 5.78 Å². The van der Waals surface area contributed by atoms with Crippen molar-refractivity contribution in [2.24, 2.45) is 0 Å². The van der Waals surface area contributed by atoms with Crippen LogP contribution in [0, 0.1) is 0 Å². The molecular weight excluding hydrogens is 412 g/mol. The third kappa shape index (κ3) is 3.26. The molecule has 0 N–H and O–H groups in total. The van der Waals surface area contributed by atoms with Gasteiger partial charge >= 0.3 is 0 Å². The van der Waals surface area contributed by atoms with E-state index < -0.39 is 0 Å². The van der Waals surface area contributed by atoms with Crippen LogP contribution in [0.3, 0.4) is 0 Å². The van der Waals surface area contributed by atoms with E-state index in [-0.39, 0.29) is 11.7 Å². The van der Waals surface area contributed by atoms with Crippen molar-refractivity contribution in [3.8, 4) is 11.1 Å². The number of carbonyl (C=O) groups is 1. The Bertz CT molecular complexity index is 1440. The third-order valence-electron chi connectivity index (χ3n) is 8.44. The van der Waals surface area contributed by atoms with Gasteiger partial charge in [0.05, 0.1) is 0 Å². The SMILES string of the molecule is O=C1CC(c2ccc3c(c2)-c2ccc(C4CCc5ccccc5C4)cc2C3)Cc2ccccc21. The molecular formula is C33H28O. The van der Waals surface area contributed by atoms with E-state index >= 15 is 0 Å². The highest BCUT2D eigenvalue weighted by Gasteiger charge is 2.28. The summed E-state index contributed by atoms with van der Waals surface area (Å²) in [7, 11) is 0. The average Bonchev–Trinajstić information content (AvgIpc) is 3.25. The molecule has 0 saturated heterocycles. The molecule has 0 aliphatic heterocycles. The number of benzene rings is 4. The largest absolute Gasteiger partial charge is 0.294 e. The number of hydrogen-bond donors (Lipinski definition) is 0. The molecule has 34 heavy (non-hydrogen) atoms. The van der Waals surface area contributed by atoms with E-state index in [1.807, 2.05) is 12.1 Å². The van der Waals surface area contributed by atoms with Gasteiger partial charge in [-0.2, -0.15) is 0 Å². The lowest BCUT2D eigenvalue weighted by atomic mass is 9.78. The summed E-state index contributed by atoms with van der Waals surface area (Å²) in [5.74, 6) is 1.18. The fourth-order valence-electron chi connectivity index (χ4n) is 6.59. The second kappa shape index (κ2) is 7.81. The van der Waals surface area contributed by atoms with Crippen LogP contribution in [0.5, 0.6) is 0 Å². The third-order valence-corrected chi connectivity index (χ3v) is 8.44. The number of carbonyl (C=O) groups excluding carboxylic acids is 1. The summed E-state index contributed by atoms with van der Waals surface area (Å²) in [6.07, 6.45) is 6.17. The molecule has 0 radical (unpaired) electrons. The van der Waals surface area contributed by atoms with Crippen molar-refractivity contribution in [1.29, 1.82) is 0 Å². The maximum atomic E-state index is 12.8. The molecule has 0 saturated carbocycles. The zero-order valence-corrected chi connectivity index (χ0v) is 19.4. The topological polar surface area (TPSA) is 17.1 Å². The van der Waals surface area contributed by atoms with Crippen LogP contribution in [-0.4, -0.2) is 5.78 Å². The van der Waals surface area contributed by atoms with Gasteiger partial charge in [-0.05, 0) is 94.0 Å². The number of Topliss-reactive ketones (excluding diaryl/α,β-unsaturated/α-hetero) is 1. The molecule has 166 valence electrons. The predicted molar refractivity (Wildman–Crippen MR) is 138 cm³/mol. The normalized spacial score (nSPS) is 20.3. The molecule has 0 aromatic heterocycles. The fourth-order valence-corrected chi connectivity index (χ4v) is 6.59. The number of aryl methyl sites for hydroxylation is 1. The van der Waals surface area contributed by atoms with Crippen molar-refractivity contribution in [1.82, 2.24) is 0 Å². The first-order valence-corrected chi connectivity index (χ1v) is 12.7. The van der Waals surface area contributed by atoms with E-state index in [4.69, 9.17) is 0 Å². The van der Waals surface area contributed by atoms with E-state index in [0.29, 0.717) is 12.3 Å². The molecule has 1 nitrogen and oxygen atoms in total. The highest BCUT2D eigenvalue weighted by atomic mass is 16.1. The highest BCUT2D eigenvalue weighted by molar-refractivity contribution is 5.99. The van der Waals surface area contributed by atoms with E-state index in [9.17, 15) is 4.79 Å². The summed E-state index contributed by atoms with van der Waals surface area (Å²) in [6.45, 7) is 0. The smallest absolute Gasteiger partial charge is 0.163 e. The summed E-state index contributed by atoms with van der Waals surface area (Å²) in [6, 6.07) is 31.3. The number of fused-ring (bicyclic) bond motifs is 5. The van der Waals surface area contributed by atoms with Gasteiger partial charge in [0.1, 0.15) is 0 Å². The van der Waals surface area contributed by atoms with Crippen LogP contribution in [0.4, 0.5) is 0 Å². The van der Waals surface area contributed by atoms with Crippen molar-refractivity contribution in [3.63, 3.8) is 0 Å². The molecule has 0 heterocycles. The van der Waals surface area contributed by atoms with Crippen LogP contribution in [0.15, 0.2) is 84.9 Å². The fraction of sp³-hybridized carbons (Fsp3) is 0.242. The van der Waals surface area contributed by atoms with Gasteiger partial charge < -0.3 is 0 Å². The molecule has 3 aliphatic carbocycles. The molecule has 4 aromatic carbocycles. The lowest BCUT2D eigenvalue weighted by molar-refractivity contribution is 0.0964. The lowest BCUT2D eigenvalue weighted by Crippen LogP contribution is -2.18. The Morgan fingerprint density at radius 1 is 0.529 bits per heavy atom. The Balaban J connectivity index is 1.18. The Morgan fingerprint density at radius 3 is 2.18 bits per heavy atom. The van der Waals surface area contributed by atoms with Crippen molar-refractivity contribution in [2.45, 2.75) is 50.4 Å². The minimum absolute atomic E-state index is 0.276. The molecule has 1 heteroatoms. The highest BCUT2D eigenvalue weighted by Crippen LogP contribution is 2.42. The first kappa shape index (κ1) is 20.0. The van der Waals surface area contributed by atoms with Crippen LogP contribution in [0.2, 0.25) is 0 Å². The van der Waals surface area contributed by atoms with Gasteiger partial charge in [0.25, 0.3) is 0 Å². The zero-order valence-electron chi connectivity index (χ0n) is 19.4. The first-order valence-electron chi connectivity index (χ1n) is 12.7. The molecule has 2 unspecified atom stereocenters. The minimum Gasteiger partial charge on any atom is -0.294 e. The van der Waals surface area contributed by atoms with Crippen LogP contribution in [0.25, 0.3) is 11.1 Å². The van der Waals surface area contributed by atoms with Gasteiger partial charge in [-0.3, -0.25) is 4.79 Å². The quantitative estimate of drug-likeness (QED) is 0.279. The van der Waals surface area contributed by atoms with Crippen molar-refractivity contribution in [2.75, 3.05) is 0 Å². The van der Waals surface area contributed by atoms with E-state index in [1.54, 1.807) is 0 Å². The number of hydrogen-bond acceptors (Lipinski definition) is 1. The van der Waals surface area contributed by atoms with Crippen molar-refractivity contribution in [3.05, 3.63) is 129 Å². The summed E-state index contributed by atoms with van der Waals surface area (Å²) < 4.78 is 0. The van der Waals surface area contributed by atoms with Crippen LogP contribution in [0.1, 0.15) is 74.0 Å². The number of ketones is 1. The summed E-state index contributed by atoms with van der Waals surface area (Å²) >= 11 is 0. The van der Waals surface area contributed by atoms with Gasteiger partial charge in [-0.1, -0.05) is 84.9 Å². The van der Waals surface area contributed by atoms with Crippen LogP contribution >= 0.6 is 0 Å². The van der Waals surface area contributed by atoms with E-state index in [2.05, 4.69) is 72.8 Å². The molecule has 2 atom stereocenters. The minimum atomic E-state index is 0.276. The first-order chi connectivity index (χ1) is 16.7. The molecule has 7 rings (SSSR count). The Kier molecular flexibility index (Phi) is 4.58. The molecule has 0 spiro atoms. The monoisotopic (exact) mass is 440 g/mol. The maximum Gasteiger partial charge on any atom is 0.163 e. The molecule has 0 fully saturated rings. The summed E-state index contributed by atoms with van der Waals surface area (Å²) in [4.78, 5) is 12.8.